The van der Waals surface area contributed by atoms with Crippen LogP contribution < -0.4 is 10.0 Å². The van der Waals surface area contributed by atoms with E-state index >= 15 is 0 Å². The fourth-order valence-electron chi connectivity index (χ4n) is 0.620. The standard InChI is InChI=1S/C6H10O3.C3H9N/c1-3-5(4(2)7)6(8)9;1-4(2)3/h5H,3H2,1-2H3,(H,8,9);1-3H3. The van der Waals surface area contributed by atoms with E-state index in [-0.39, 0.29) is 5.78 Å². The highest BCUT2D eigenvalue weighted by molar-refractivity contribution is 5.95. The zero-order chi connectivity index (χ0) is 11.0. The highest BCUT2D eigenvalue weighted by atomic mass is 16.4. The number of hydrogen-bond acceptors (Lipinski definition) is 3. The molecule has 1 N–H and O–H groups in total. The molecule has 0 bridgehead atoms. The summed E-state index contributed by atoms with van der Waals surface area (Å²) in [6, 6.07) is 0. The summed E-state index contributed by atoms with van der Waals surface area (Å²) in [5.41, 5.74) is 0. The Morgan fingerprint density at radius 3 is 1.62 bits per heavy atom. The normalized spacial score (nSPS) is 11.5. The van der Waals surface area contributed by atoms with Crippen molar-refractivity contribution < 1.29 is 19.6 Å². The van der Waals surface area contributed by atoms with E-state index in [1.807, 2.05) is 0 Å². The Balaban J connectivity index is 0. The second kappa shape index (κ2) is 7.73. The summed E-state index contributed by atoms with van der Waals surface area (Å²) < 4.78 is 0. The number of hydrogen-bond donors (Lipinski definition) is 1. The topological polar surface area (TPSA) is 61.6 Å². The second-order valence-corrected chi connectivity index (χ2v) is 3.39. The Kier molecular flexibility index (Phi) is 8.69. The first-order valence-electron chi connectivity index (χ1n) is 4.31. The Hall–Kier alpha value is -0.900. The van der Waals surface area contributed by atoms with Gasteiger partial charge >= 0.3 is 0 Å². The molecule has 0 aliphatic rings. The predicted octanol–water partition coefficient (Wildman–Crippen LogP) is -1.89. The first-order chi connectivity index (χ1) is 5.82. The summed E-state index contributed by atoms with van der Waals surface area (Å²) in [6.07, 6.45) is 0.317. The number of nitrogens with one attached hydrogen (secondary N) is 1. The molecule has 1 unspecified atom stereocenters. The van der Waals surface area contributed by atoms with E-state index < -0.39 is 11.9 Å². The average Bonchev–Trinajstić information content (AvgIpc) is 1.84. The van der Waals surface area contributed by atoms with Crippen molar-refractivity contribution in [3.05, 3.63) is 0 Å². The van der Waals surface area contributed by atoms with Gasteiger partial charge in [-0.2, -0.15) is 0 Å². The number of carbonyl (C=O) groups excluding carboxylic acids is 2. The van der Waals surface area contributed by atoms with Crippen molar-refractivity contribution in [1.82, 2.24) is 0 Å². The smallest absolute Gasteiger partial charge is 0.138 e. The van der Waals surface area contributed by atoms with E-state index in [2.05, 4.69) is 21.1 Å². The first-order valence-corrected chi connectivity index (χ1v) is 4.31. The highest BCUT2D eigenvalue weighted by Crippen LogP contribution is 2.00. The van der Waals surface area contributed by atoms with E-state index in [0.29, 0.717) is 6.42 Å². The summed E-state index contributed by atoms with van der Waals surface area (Å²) >= 11 is 0. The molecule has 0 amide bonds. The number of Topliss-reactive ketones (excluding diaryl/α,β-unsaturated/α-hetero) is 1. The number of carboxylic acids is 1. The van der Waals surface area contributed by atoms with Gasteiger partial charge in [0, 0.05) is 0 Å². The monoisotopic (exact) mass is 189 g/mol. The van der Waals surface area contributed by atoms with Crippen molar-refractivity contribution in [2.75, 3.05) is 21.1 Å². The molecule has 4 heteroatoms. The van der Waals surface area contributed by atoms with Crippen molar-refractivity contribution in [2.24, 2.45) is 5.92 Å². The van der Waals surface area contributed by atoms with Crippen LogP contribution in [0.15, 0.2) is 0 Å². The fourth-order valence-corrected chi connectivity index (χ4v) is 0.620. The lowest BCUT2D eigenvalue weighted by molar-refractivity contribution is -0.836. The van der Waals surface area contributed by atoms with E-state index in [9.17, 15) is 14.7 Å². The molecule has 0 aliphatic heterocycles. The third kappa shape index (κ3) is 11.1. The van der Waals surface area contributed by atoms with E-state index in [0.717, 1.165) is 0 Å². The van der Waals surface area contributed by atoms with Crippen molar-refractivity contribution in [2.45, 2.75) is 20.3 Å². The fraction of sp³-hybridized carbons (Fsp3) is 0.778. The van der Waals surface area contributed by atoms with Crippen LogP contribution in [0.5, 0.6) is 0 Å². The minimum atomic E-state index is -1.27. The lowest BCUT2D eigenvalue weighted by Gasteiger charge is -2.10. The van der Waals surface area contributed by atoms with Crippen LogP contribution in [0.25, 0.3) is 0 Å². The highest BCUT2D eigenvalue weighted by Gasteiger charge is 2.11. The predicted molar refractivity (Wildman–Crippen MR) is 48.2 cm³/mol. The van der Waals surface area contributed by atoms with Crippen LogP contribution in [0.1, 0.15) is 20.3 Å². The van der Waals surface area contributed by atoms with Crippen LogP contribution in [-0.2, 0) is 9.59 Å². The maximum Gasteiger partial charge on any atom is 0.138 e. The van der Waals surface area contributed by atoms with Gasteiger partial charge in [0.25, 0.3) is 0 Å². The largest absolute Gasteiger partial charge is 0.549 e. The van der Waals surface area contributed by atoms with Crippen LogP contribution in [0.2, 0.25) is 0 Å². The summed E-state index contributed by atoms with van der Waals surface area (Å²) in [5.74, 6) is -2.52. The average molecular weight is 189 g/mol. The van der Waals surface area contributed by atoms with Gasteiger partial charge in [-0.05, 0) is 13.3 Å². The Morgan fingerprint density at radius 2 is 1.62 bits per heavy atom. The van der Waals surface area contributed by atoms with Crippen molar-refractivity contribution >= 4 is 11.8 Å². The molecule has 0 heterocycles. The minimum Gasteiger partial charge on any atom is -0.549 e. The molecular formula is C9H19NO3. The van der Waals surface area contributed by atoms with Crippen molar-refractivity contribution in [3.8, 4) is 0 Å². The van der Waals surface area contributed by atoms with Gasteiger partial charge in [-0.25, -0.2) is 0 Å². The van der Waals surface area contributed by atoms with Gasteiger partial charge in [-0.3, -0.25) is 4.79 Å². The molecule has 0 saturated carbocycles. The van der Waals surface area contributed by atoms with E-state index in [4.69, 9.17) is 0 Å². The molecule has 0 aliphatic carbocycles. The van der Waals surface area contributed by atoms with Crippen LogP contribution in [0, 0.1) is 5.92 Å². The summed E-state index contributed by atoms with van der Waals surface area (Å²) in [5, 5.41) is 10.0. The molecule has 0 aromatic rings. The number of quaternary nitrogens is 1. The van der Waals surface area contributed by atoms with Gasteiger partial charge in [-0.15, -0.1) is 0 Å². The van der Waals surface area contributed by atoms with E-state index in [1.165, 1.54) is 11.8 Å². The summed E-state index contributed by atoms with van der Waals surface area (Å²) in [7, 11) is 6.25. The molecule has 0 fully saturated rings. The van der Waals surface area contributed by atoms with Gasteiger partial charge < -0.3 is 14.8 Å². The van der Waals surface area contributed by atoms with Crippen molar-refractivity contribution in [3.63, 3.8) is 0 Å². The van der Waals surface area contributed by atoms with Gasteiger partial charge in [0.05, 0.1) is 33.0 Å². The molecule has 1 atom stereocenters. The molecular weight excluding hydrogens is 170 g/mol. The first kappa shape index (κ1) is 14.6. The quantitative estimate of drug-likeness (QED) is 0.528. The Labute approximate surface area is 79.5 Å². The number of rotatable bonds is 3. The maximum atomic E-state index is 10.4. The summed E-state index contributed by atoms with van der Waals surface area (Å²) in [6.45, 7) is 2.89. The van der Waals surface area contributed by atoms with Gasteiger partial charge in [0.1, 0.15) is 5.78 Å². The molecule has 0 spiro atoms. The molecule has 0 rings (SSSR count). The van der Waals surface area contributed by atoms with Gasteiger partial charge in [0.15, 0.2) is 0 Å². The van der Waals surface area contributed by atoms with Crippen molar-refractivity contribution in [1.29, 1.82) is 0 Å². The van der Waals surface area contributed by atoms with Crippen LogP contribution >= 0.6 is 0 Å². The van der Waals surface area contributed by atoms with Gasteiger partial charge in [-0.1, -0.05) is 6.92 Å². The Morgan fingerprint density at radius 1 is 1.31 bits per heavy atom. The zero-order valence-electron chi connectivity index (χ0n) is 9.01. The SMILES string of the molecule is CCC(C(C)=O)C(=O)[O-].C[NH+](C)C. The maximum absolute atomic E-state index is 10.4. The Bertz CT molecular complexity index is 149. The second-order valence-electron chi connectivity index (χ2n) is 3.39. The third-order valence-electron chi connectivity index (χ3n) is 1.18. The van der Waals surface area contributed by atoms with Gasteiger partial charge in [0.2, 0.25) is 0 Å². The zero-order valence-corrected chi connectivity index (χ0v) is 9.01. The van der Waals surface area contributed by atoms with Crippen LogP contribution in [0.3, 0.4) is 0 Å². The molecule has 0 aromatic carbocycles. The van der Waals surface area contributed by atoms with E-state index in [1.54, 1.807) is 6.92 Å². The third-order valence-corrected chi connectivity index (χ3v) is 1.18. The lowest BCUT2D eigenvalue weighted by Crippen LogP contribution is -3.02. The number of carbonyl (C=O) groups is 2. The molecule has 4 nitrogen and oxygen atoms in total. The summed E-state index contributed by atoms with van der Waals surface area (Å²) in [4.78, 5) is 21.9. The van der Waals surface area contributed by atoms with Crippen LogP contribution in [-0.4, -0.2) is 32.9 Å². The molecule has 13 heavy (non-hydrogen) atoms. The number of ketones is 1. The number of aliphatic carboxylic acids is 1. The molecule has 0 saturated heterocycles. The molecule has 78 valence electrons. The number of carboxylic acid groups (broad SMARTS) is 1. The lowest BCUT2D eigenvalue weighted by atomic mass is 10.0. The minimum absolute atomic E-state index is 0.317. The molecule has 0 aromatic heterocycles. The van der Waals surface area contributed by atoms with Crippen LogP contribution in [0.4, 0.5) is 0 Å². The molecule has 0 radical (unpaired) electrons.